The SMILES string of the molecule is CCOC(=O)[C@@H]1C(=O)N(CCOC)c2nc3ccccc3n2[C@H]1c1ccccc1OCC. The molecule has 1 aliphatic rings. The van der Waals surface area contributed by atoms with Crippen molar-refractivity contribution in [2.75, 3.05) is 38.4 Å². The van der Waals surface area contributed by atoms with Crippen LogP contribution in [0.5, 0.6) is 5.75 Å². The molecule has 0 saturated heterocycles. The Hall–Kier alpha value is -3.39. The third-order valence-electron chi connectivity index (χ3n) is 5.54. The van der Waals surface area contributed by atoms with Crippen molar-refractivity contribution in [1.29, 1.82) is 0 Å². The van der Waals surface area contributed by atoms with Crippen LogP contribution in [0, 0.1) is 5.92 Å². The van der Waals surface area contributed by atoms with Crippen molar-refractivity contribution < 1.29 is 23.8 Å². The van der Waals surface area contributed by atoms with Crippen LogP contribution in [-0.2, 0) is 19.1 Å². The van der Waals surface area contributed by atoms with Crippen LogP contribution in [0.2, 0.25) is 0 Å². The van der Waals surface area contributed by atoms with E-state index in [4.69, 9.17) is 19.2 Å². The van der Waals surface area contributed by atoms with Gasteiger partial charge in [-0.1, -0.05) is 30.3 Å². The molecule has 0 unspecified atom stereocenters. The zero-order valence-electron chi connectivity index (χ0n) is 18.5. The molecule has 4 rings (SSSR count). The molecule has 2 aromatic carbocycles. The van der Waals surface area contributed by atoms with Gasteiger partial charge in [0.2, 0.25) is 11.9 Å². The van der Waals surface area contributed by atoms with Crippen LogP contribution in [-0.4, -0.2) is 54.9 Å². The van der Waals surface area contributed by atoms with Gasteiger partial charge in [-0.3, -0.25) is 14.5 Å². The molecule has 3 aromatic rings. The molecule has 0 N–H and O–H groups in total. The number of aromatic nitrogens is 2. The number of amides is 1. The van der Waals surface area contributed by atoms with Gasteiger partial charge in [-0.2, -0.15) is 0 Å². The van der Waals surface area contributed by atoms with Gasteiger partial charge in [-0.05, 0) is 32.0 Å². The summed E-state index contributed by atoms with van der Waals surface area (Å²) in [6.45, 7) is 4.85. The first-order valence-electron chi connectivity index (χ1n) is 10.8. The standard InChI is InChI=1S/C24H27N3O5/c1-4-31-19-13-9-6-10-16(19)21-20(23(29)32-5-2)22(28)26(14-15-30-3)24-25-17-11-7-8-12-18(17)27(21)24/h6-13,20-21H,4-5,14-15H2,1-3H3/t20-,21-/m0/s1. The normalized spacial score (nSPS) is 18.0. The summed E-state index contributed by atoms with van der Waals surface area (Å²) >= 11 is 0. The molecular formula is C24H27N3O5. The number of hydrogen-bond acceptors (Lipinski definition) is 6. The molecule has 0 aliphatic carbocycles. The predicted octanol–water partition coefficient (Wildman–Crippen LogP) is 3.20. The lowest BCUT2D eigenvalue weighted by Gasteiger charge is -2.38. The number of fused-ring (bicyclic) bond motifs is 3. The van der Waals surface area contributed by atoms with Crippen molar-refractivity contribution in [2.24, 2.45) is 5.92 Å². The second-order valence-electron chi connectivity index (χ2n) is 7.40. The first kappa shape index (κ1) is 21.8. The third kappa shape index (κ3) is 3.71. The van der Waals surface area contributed by atoms with Crippen molar-refractivity contribution >= 4 is 28.9 Å². The number of carbonyl (C=O) groups excluding carboxylic acids is 2. The summed E-state index contributed by atoms with van der Waals surface area (Å²) in [6.07, 6.45) is 0. The minimum Gasteiger partial charge on any atom is -0.494 e. The minimum atomic E-state index is -1.08. The van der Waals surface area contributed by atoms with Gasteiger partial charge in [0, 0.05) is 12.7 Å². The van der Waals surface area contributed by atoms with E-state index in [9.17, 15) is 9.59 Å². The summed E-state index contributed by atoms with van der Waals surface area (Å²) in [7, 11) is 1.57. The van der Waals surface area contributed by atoms with Crippen LogP contribution in [0.1, 0.15) is 25.5 Å². The smallest absolute Gasteiger partial charge is 0.321 e. The summed E-state index contributed by atoms with van der Waals surface area (Å²) in [6, 6.07) is 14.5. The second kappa shape index (κ2) is 9.40. The van der Waals surface area contributed by atoms with E-state index in [2.05, 4.69) is 0 Å². The molecule has 8 nitrogen and oxygen atoms in total. The molecule has 0 radical (unpaired) electrons. The maximum Gasteiger partial charge on any atom is 0.321 e. The Labute approximate surface area is 186 Å². The fourth-order valence-electron chi connectivity index (χ4n) is 4.23. The summed E-state index contributed by atoms with van der Waals surface area (Å²) in [4.78, 5) is 33.2. The molecule has 0 fully saturated rings. The highest BCUT2D eigenvalue weighted by Gasteiger charge is 2.48. The summed E-state index contributed by atoms with van der Waals surface area (Å²) in [5, 5.41) is 0. The zero-order valence-corrected chi connectivity index (χ0v) is 18.5. The van der Waals surface area contributed by atoms with E-state index in [1.165, 1.54) is 4.90 Å². The maximum atomic E-state index is 13.7. The average Bonchev–Trinajstić information content (AvgIpc) is 3.18. The average molecular weight is 437 g/mol. The molecule has 2 atom stereocenters. The lowest BCUT2D eigenvalue weighted by Crippen LogP contribution is -2.51. The van der Waals surface area contributed by atoms with Gasteiger partial charge in [0.1, 0.15) is 5.75 Å². The fourth-order valence-corrected chi connectivity index (χ4v) is 4.23. The Morgan fingerprint density at radius 3 is 2.56 bits per heavy atom. The summed E-state index contributed by atoms with van der Waals surface area (Å²) < 4.78 is 18.4. The largest absolute Gasteiger partial charge is 0.494 e. The predicted molar refractivity (Wildman–Crippen MR) is 120 cm³/mol. The lowest BCUT2D eigenvalue weighted by atomic mass is 9.89. The number of anilines is 1. The quantitative estimate of drug-likeness (QED) is 0.398. The number of nitrogens with zero attached hydrogens (tertiary/aromatic N) is 3. The van der Waals surface area contributed by atoms with E-state index in [1.807, 2.05) is 60.0 Å². The first-order valence-corrected chi connectivity index (χ1v) is 10.8. The van der Waals surface area contributed by atoms with Gasteiger partial charge >= 0.3 is 5.97 Å². The van der Waals surface area contributed by atoms with Crippen LogP contribution in [0.4, 0.5) is 5.95 Å². The van der Waals surface area contributed by atoms with Gasteiger partial charge < -0.3 is 18.8 Å². The number of imidazole rings is 1. The van der Waals surface area contributed by atoms with Crippen LogP contribution in [0.25, 0.3) is 11.0 Å². The van der Waals surface area contributed by atoms with E-state index in [0.29, 0.717) is 24.9 Å². The molecule has 0 bridgehead atoms. The van der Waals surface area contributed by atoms with Crippen molar-refractivity contribution in [1.82, 2.24) is 9.55 Å². The number of ether oxygens (including phenoxy) is 3. The number of esters is 1. The first-order chi connectivity index (χ1) is 15.6. The van der Waals surface area contributed by atoms with Crippen LogP contribution in [0.3, 0.4) is 0 Å². The second-order valence-corrected chi connectivity index (χ2v) is 7.40. The molecule has 1 aliphatic heterocycles. The van der Waals surface area contributed by atoms with Crippen LogP contribution >= 0.6 is 0 Å². The number of carbonyl (C=O) groups is 2. The zero-order chi connectivity index (χ0) is 22.7. The Kier molecular flexibility index (Phi) is 6.41. The number of para-hydroxylation sites is 3. The van der Waals surface area contributed by atoms with Crippen molar-refractivity contribution in [3.63, 3.8) is 0 Å². The number of benzene rings is 2. The molecule has 0 saturated carbocycles. The van der Waals surface area contributed by atoms with Crippen molar-refractivity contribution in [2.45, 2.75) is 19.9 Å². The highest BCUT2D eigenvalue weighted by atomic mass is 16.5. The summed E-state index contributed by atoms with van der Waals surface area (Å²) in [5.41, 5.74) is 2.29. The Balaban J connectivity index is 2.00. The van der Waals surface area contributed by atoms with Crippen molar-refractivity contribution in [3.05, 3.63) is 54.1 Å². The summed E-state index contributed by atoms with van der Waals surface area (Å²) in [5.74, 6) is -0.918. The van der Waals surface area contributed by atoms with E-state index in [0.717, 1.165) is 16.6 Å². The molecule has 0 spiro atoms. The highest BCUT2D eigenvalue weighted by molar-refractivity contribution is 6.08. The molecule has 168 valence electrons. The van der Waals surface area contributed by atoms with E-state index in [1.54, 1.807) is 14.0 Å². The lowest BCUT2D eigenvalue weighted by molar-refractivity contribution is -0.153. The topological polar surface area (TPSA) is 82.9 Å². The Morgan fingerprint density at radius 2 is 1.81 bits per heavy atom. The van der Waals surface area contributed by atoms with Gasteiger partial charge in [-0.25, -0.2) is 4.98 Å². The molecule has 1 aromatic heterocycles. The maximum absolute atomic E-state index is 13.7. The molecule has 8 heteroatoms. The number of hydrogen-bond donors (Lipinski definition) is 0. The van der Waals surface area contributed by atoms with Gasteiger partial charge in [0.25, 0.3) is 0 Å². The van der Waals surface area contributed by atoms with Gasteiger partial charge in [-0.15, -0.1) is 0 Å². The van der Waals surface area contributed by atoms with E-state index < -0.39 is 17.9 Å². The van der Waals surface area contributed by atoms with Gasteiger partial charge in [0.05, 0.1) is 43.4 Å². The molecule has 2 heterocycles. The van der Waals surface area contributed by atoms with Crippen LogP contribution < -0.4 is 9.64 Å². The Morgan fingerprint density at radius 1 is 1.06 bits per heavy atom. The monoisotopic (exact) mass is 437 g/mol. The molecule has 32 heavy (non-hydrogen) atoms. The fraction of sp³-hybridized carbons (Fsp3) is 0.375. The van der Waals surface area contributed by atoms with E-state index in [-0.39, 0.29) is 19.1 Å². The minimum absolute atomic E-state index is 0.179. The van der Waals surface area contributed by atoms with Crippen molar-refractivity contribution in [3.8, 4) is 5.75 Å². The van der Waals surface area contributed by atoms with Gasteiger partial charge in [0.15, 0.2) is 5.92 Å². The number of rotatable bonds is 8. The highest BCUT2D eigenvalue weighted by Crippen LogP contribution is 2.43. The van der Waals surface area contributed by atoms with E-state index >= 15 is 0 Å². The van der Waals surface area contributed by atoms with Crippen LogP contribution in [0.15, 0.2) is 48.5 Å². The number of methoxy groups -OCH3 is 1. The molecular weight excluding hydrogens is 410 g/mol. The molecule has 1 amide bonds. The third-order valence-corrected chi connectivity index (χ3v) is 5.54. The Bertz CT molecular complexity index is 1130.